The van der Waals surface area contributed by atoms with E-state index in [9.17, 15) is 18.0 Å². The number of nitrogens with two attached hydrogens (primary N) is 1. The van der Waals surface area contributed by atoms with Gasteiger partial charge in [0.1, 0.15) is 0 Å². The van der Waals surface area contributed by atoms with Crippen molar-refractivity contribution in [2.24, 2.45) is 7.05 Å². The average molecular weight is 405 g/mol. The molecule has 11 heteroatoms. The standard InChI is InChI=1S/C17H19N5O5S/c1-17(5-6-17)20-28(25,26)11-3-4-13-12(8-11)15(23)22(16(24)21(13)2)9-10-7-14(18)19-27-10/h3-4,7-8,20H,5-6,9H2,1-2H3,(H2,18,19). The number of hydrogen-bond donors (Lipinski definition) is 2. The lowest BCUT2D eigenvalue weighted by Crippen LogP contribution is -2.39. The van der Waals surface area contributed by atoms with Gasteiger partial charge in [0.15, 0.2) is 11.6 Å². The van der Waals surface area contributed by atoms with E-state index in [1.807, 2.05) is 6.92 Å². The summed E-state index contributed by atoms with van der Waals surface area (Å²) in [4.78, 5) is 25.5. The Morgan fingerprint density at radius 2 is 2.00 bits per heavy atom. The second kappa shape index (κ2) is 6.04. The first-order chi connectivity index (χ1) is 13.1. The maximum absolute atomic E-state index is 12.9. The first kappa shape index (κ1) is 18.4. The van der Waals surface area contributed by atoms with Crippen LogP contribution in [0.2, 0.25) is 0 Å². The predicted octanol–water partition coefficient (Wildman–Crippen LogP) is 0.150. The van der Waals surface area contributed by atoms with E-state index in [0.717, 1.165) is 17.4 Å². The molecule has 1 saturated carbocycles. The Labute approximate surface area is 159 Å². The molecule has 10 nitrogen and oxygen atoms in total. The number of benzene rings is 1. The lowest BCUT2D eigenvalue weighted by atomic mass is 10.2. The molecule has 1 aromatic carbocycles. The molecule has 148 valence electrons. The molecule has 3 N–H and O–H groups in total. The van der Waals surface area contributed by atoms with Crippen LogP contribution in [0.5, 0.6) is 0 Å². The summed E-state index contributed by atoms with van der Waals surface area (Å²) < 4.78 is 35.2. The summed E-state index contributed by atoms with van der Waals surface area (Å²) in [6, 6.07) is 5.54. The van der Waals surface area contributed by atoms with Crippen molar-refractivity contribution in [3.05, 3.63) is 50.9 Å². The molecule has 0 amide bonds. The van der Waals surface area contributed by atoms with Crippen molar-refractivity contribution in [1.29, 1.82) is 0 Å². The Morgan fingerprint density at radius 3 is 2.61 bits per heavy atom. The second-order valence-electron chi connectivity index (χ2n) is 7.30. The average Bonchev–Trinajstić information content (AvgIpc) is 3.20. The van der Waals surface area contributed by atoms with E-state index in [0.29, 0.717) is 5.52 Å². The fourth-order valence-corrected chi connectivity index (χ4v) is 4.53. The van der Waals surface area contributed by atoms with Gasteiger partial charge < -0.3 is 10.3 Å². The summed E-state index contributed by atoms with van der Waals surface area (Å²) in [5.74, 6) is 0.372. The summed E-state index contributed by atoms with van der Waals surface area (Å²) in [5.41, 5.74) is 4.21. The molecule has 0 aliphatic heterocycles. The van der Waals surface area contributed by atoms with Gasteiger partial charge in [0.25, 0.3) is 5.56 Å². The fourth-order valence-electron chi connectivity index (χ4n) is 3.03. The highest BCUT2D eigenvalue weighted by Gasteiger charge is 2.41. The Bertz CT molecular complexity index is 1310. The van der Waals surface area contributed by atoms with E-state index in [4.69, 9.17) is 10.3 Å². The number of nitrogen functional groups attached to an aromatic ring is 1. The van der Waals surface area contributed by atoms with Crippen LogP contribution in [-0.4, -0.2) is 28.2 Å². The summed E-state index contributed by atoms with van der Waals surface area (Å²) in [5, 5.41) is 3.64. The molecule has 1 aliphatic carbocycles. The van der Waals surface area contributed by atoms with E-state index in [-0.39, 0.29) is 28.4 Å². The normalized spacial score (nSPS) is 15.8. The molecule has 2 heterocycles. The van der Waals surface area contributed by atoms with Gasteiger partial charge in [0.2, 0.25) is 10.0 Å². The third-order valence-electron chi connectivity index (χ3n) is 4.90. The maximum atomic E-state index is 12.9. The predicted molar refractivity (Wildman–Crippen MR) is 101 cm³/mol. The van der Waals surface area contributed by atoms with Crippen LogP contribution < -0.4 is 21.7 Å². The molecular weight excluding hydrogens is 386 g/mol. The van der Waals surface area contributed by atoms with Gasteiger partial charge in [-0.2, -0.15) is 0 Å². The van der Waals surface area contributed by atoms with Gasteiger partial charge >= 0.3 is 5.69 Å². The molecule has 0 bridgehead atoms. The van der Waals surface area contributed by atoms with Crippen LogP contribution in [0, 0.1) is 0 Å². The molecule has 0 spiro atoms. The SMILES string of the molecule is Cn1c(=O)n(Cc2cc(N)no2)c(=O)c2cc(S(=O)(=O)NC3(C)CC3)ccc21. The van der Waals surface area contributed by atoms with Crippen molar-refractivity contribution in [2.45, 2.75) is 36.7 Å². The molecular formula is C17H19N5O5S. The number of aryl methyl sites for hydroxylation is 1. The van der Waals surface area contributed by atoms with Crippen LogP contribution in [0.3, 0.4) is 0 Å². The highest BCUT2D eigenvalue weighted by Crippen LogP contribution is 2.36. The highest BCUT2D eigenvalue weighted by atomic mass is 32.2. The first-order valence-electron chi connectivity index (χ1n) is 8.58. The molecule has 3 aromatic rings. The van der Waals surface area contributed by atoms with Crippen molar-refractivity contribution >= 4 is 26.7 Å². The van der Waals surface area contributed by atoms with Gasteiger partial charge in [0, 0.05) is 18.7 Å². The maximum Gasteiger partial charge on any atom is 0.331 e. The molecule has 0 atom stereocenters. The minimum absolute atomic E-state index is 0.0284. The minimum Gasteiger partial charge on any atom is -0.381 e. The molecule has 0 unspecified atom stereocenters. The number of sulfonamides is 1. The first-order valence-corrected chi connectivity index (χ1v) is 10.1. The van der Waals surface area contributed by atoms with Gasteiger partial charge in [-0.3, -0.25) is 13.9 Å². The van der Waals surface area contributed by atoms with E-state index in [2.05, 4.69) is 9.88 Å². The van der Waals surface area contributed by atoms with Crippen molar-refractivity contribution in [3.8, 4) is 0 Å². The van der Waals surface area contributed by atoms with Crippen LogP contribution >= 0.6 is 0 Å². The third-order valence-corrected chi connectivity index (χ3v) is 6.54. The largest absolute Gasteiger partial charge is 0.381 e. The van der Waals surface area contributed by atoms with Crippen LogP contribution in [-0.2, 0) is 23.6 Å². The minimum atomic E-state index is -3.79. The topological polar surface area (TPSA) is 142 Å². The van der Waals surface area contributed by atoms with Gasteiger partial charge in [-0.25, -0.2) is 17.9 Å². The number of nitrogens with zero attached hydrogens (tertiary/aromatic N) is 3. The van der Waals surface area contributed by atoms with E-state index in [1.54, 1.807) is 0 Å². The molecule has 4 rings (SSSR count). The molecule has 0 radical (unpaired) electrons. The lowest BCUT2D eigenvalue weighted by molar-refractivity contribution is 0.374. The van der Waals surface area contributed by atoms with E-state index < -0.39 is 26.8 Å². The van der Waals surface area contributed by atoms with Gasteiger partial charge in [-0.15, -0.1) is 0 Å². The second-order valence-corrected chi connectivity index (χ2v) is 8.98. The van der Waals surface area contributed by atoms with Gasteiger partial charge in [-0.1, -0.05) is 5.16 Å². The van der Waals surface area contributed by atoms with Crippen molar-refractivity contribution in [2.75, 3.05) is 5.73 Å². The Hall–Kier alpha value is -2.92. The van der Waals surface area contributed by atoms with Crippen LogP contribution in [0.4, 0.5) is 5.82 Å². The molecule has 1 aliphatic rings. The summed E-state index contributed by atoms with van der Waals surface area (Å²) in [6.07, 6.45) is 1.53. The number of nitrogens with one attached hydrogen (secondary N) is 1. The van der Waals surface area contributed by atoms with E-state index >= 15 is 0 Å². The third kappa shape index (κ3) is 3.12. The van der Waals surface area contributed by atoms with Gasteiger partial charge in [-0.05, 0) is 38.0 Å². The van der Waals surface area contributed by atoms with E-state index in [1.165, 1.54) is 35.9 Å². The zero-order chi connectivity index (χ0) is 20.3. The zero-order valence-corrected chi connectivity index (χ0v) is 16.1. The molecule has 2 aromatic heterocycles. The van der Waals surface area contributed by atoms with Crippen LogP contribution in [0.1, 0.15) is 25.5 Å². The summed E-state index contributed by atoms with van der Waals surface area (Å²) >= 11 is 0. The Balaban J connectivity index is 1.86. The zero-order valence-electron chi connectivity index (χ0n) is 15.3. The monoisotopic (exact) mass is 405 g/mol. The molecule has 28 heavy (non-hydrogen) atoms. The fraction of sp³-hybridized carbons (Fsp3) is 0.353. The Morgan fingerprint density at radius 1 is 1.29 bits per heavy atom. The summed E-state index contributed by atoms with van der Waals surface area (Å²) in [7, 11) is -2.28. The number of anilines is 1. The number of fused-ring (bicyclic) bond motifs is 1. The summed E-state index contributed by atoms with van der Waals surface area (Å²) in [6.45, 7) is 1.66. The number of rotatable bonds is 5. The Kier molecular flexibility index (Phi) is 3.98. The van der Waals surface area contributed by atoms with Crippen molar-refractivity contribution < 1.29 is 12.9 Å². The number of aromatic nitrogens is 3. The van der Waals surface area contributed by atoms with Crippen LogP contribution in [0.15, 0.2) is 43.3 Å². The lowest BCUT2D eigenvalue weighted by Gasteiger charge is -2.14. The molecule has 1 fully saturated rings. The molecule has 0 saturated heterocycles. The van der Waals surface area contributed by atoms with Crippen molar-refractivity contribution in [1.82, 2.24) is 19.0 Å². The highest BCUT2D eigenvalue weighted by molar-refractivity contribution is 7.89. The van der Waals surface area contributed by atoms with Gasteiger partial charge in [0.05, 0.1) is 22.3 Å². The quantitative estimate of drug-likeness (QED) is 0.615. The smallest absolute Gasteiger partial charge is 0.331 e. The number of hydrogen-bond acceptors (Lipinski definition) is 7. The van der Waals surface area contributed by atoms with Crippen LogP contribution in [0.25, 0.3) is 10.9 Å². The van der Waals surface area contributed by atoms with Crippen molar-refractivity contribution in [3.63, 3.8) is 0 Å².